The van der Waals surface area contributed by atoms with Crippen molar-refractivity contribution in [3.8, 4) is 0 Å². The van der Waals surface area contributed by atoms with Crippen LogP contribution >= 0.6 is 0 Å². The van der Waals surface area contributed by atoms with Gasteiger partial charge in [0.2, 0.25) is 0 Å². The monoisotopic (exact) mass is 282 g/mol. The van der Waals surface area contributed by atoms with Crippen molar-refractivity contribution in [2.75, 3.05) is 19.6 Å². The van der Waals surface area contributed by atoms with Crippen molar-refractivity contribution in [3.63, 3.8) is 0 Å². The van der Waals surface area contributed by atoms with Gasteiger partial charge in [-0.1, -0.05) is 13.8 Å². The number of hydrogen-bond donors (Lipinski definition) is 3. The molecule has 3 heteroatoms. The zero-order chi connectivity index (χ0) is 14.8. The van der Waals surface area contributed by atoms with Crippen LogP contribution < -0.4 is 11.1 Å². The lowest BCUT2D eigenvalue weighted by Gasteiger charge is -2.53. The lowest BCUT2D eigenvalue weighted by molar-refractivity contribution is -0.136. The van der Waals surface area contributed by atoms with Crippen LogP contribution in [0.4, 0.5) is 0 Å². The number of aliphatic hydroxyl groups is 1. The van der Waals surface area contributed by atoms with Crippen LogP contribution in [0.2, 0.25) is 0 Å². The normalized spacial score (nSPS) is 38.7. The molecule has 0 spiro atoms. The summed E-state index contributed by atoms with van der Waals surface area (Å²) in [6.07, 6.45) is 6.95. The number of rotatable bonds is 4. The van der Waals surface area contributed by atoms with E-state index in [-0.39, 0.29) is 5.41 Å². The largest absolute Gasteiger partial charge is 0.389 e. The van der Waals surface area contributed by atoms with Gasteiger partial charge in [0.1, 0.15) is 0 Å². The Labute approximate surface area is 124 Å². The lowest BCUT2D eigenvalue weighted by Crippen LogP contribution is -2.59. The molecule has 1 aliphatic heterocycles. The molecular formula is C17H34N2O. The van der Waals surface area contributed by atoms with Crippen molar-refractivity contribution in [3.05, 3.63) is 0 Å². The molecule has 0 radical (unpaired) electrons. The van der Waals surface area contributed by atoms with E-state index in [0.29, 0.717) is 12.5 Å². The molecule has 2 fully saturated rings. The maximum Gasteiger partial charge on any atom is 0.0727 e. The highest BCUT2D eigenvalue weighted by Crippen LogP contribution is 2.50. The Hall–Kier alpha value is -0.120. The molecule has 1 aliphatic carbocycles. The van der Waals surface area contributed by atoms with Crippen molar-refractivity contribution in [2.45, 2.75) is 64.9 Å². The molecular weight excluding hydrogens is 248 g/mol. The Kier molecular flexibility index (Phi) is 5.14. The Morgan fingerprint density at radius 3 is 2.40 bits per heavy atom. The molecule has 0 aromatic heterocycles. The van der Waals surface area contributed by atoms with Crippen LogP contribution in [0, 0.1) is 23.2 Å². The van der Waals surface area contributed by atoms with Crippen LogP contribution in [0.1, 0.15) is 59.3 Å². The van der Waals surface area contributed by atoms with Crippen LogP contribution in [0.5, 0.6) is 0 Å². The summed E-state index contributed by atoms with van der Waals surface area (Å²) in [5.74, 6) is 1.93. The molecule has 0 aromatic carbocycles. The first kappa shape index (κ1) is 16.3. The van der Waals surface area contributed by atoms with Gasteiger partial charge in [0.25, 0.3) is 0 Å². The first-order valence-electron chi connectivity index (χ1n) is 8.56. The molecule has 1 heterocycles. The minimum Gasteiger partial charge on any atom is -0.389 e. The predicted octanol–water partition coefficient (Wildman–Crippen LogP) is 2.53. The van der Waals surface area contributed by atoms with Crippen molar-refractivity contribution >= 4 is 0 Å². The average molecular weight is 282 g/mol. The first-order valence-corrected chi connectivity index (χ1v) is 8.56. The van der Waals surface area contributed by atoms with E-state index in [1.807, 2.05) is 0 Å². The van der Waals surface area contributed by atoms with Crippen molar-refractivity contribution < 1.29 is 5.11 Å². The van der Waals surface area contributed by atoms with E-state index in [0.717, 1.165) is 44.2 Å². The Morgan fingerprint density at radius 1 is 1.30 bits per heavy atom. The van der Waals surface area contributed by atoms with E-state index in [2.05, 4.69) is 26.1 Å². The summed E-state index contributed by atoms with van der Waals surface area (Å²) >= 11 is 0. The summed E-state index contributed by atoms with van der Waals surface area (Å²) in [4.78, 5) is 0. The SMILES string of the molecule is CC(C)C1CCC(CN)(C(C)(O)C2CCCNC2)CC1. The fourth-order valence-electron chi connectivity index (χ4n) is 4.54. The van der Waals surface area contributed by atoms with Crippen molar-refractivity contribution in [1.29, 1.82) is 0 Å². The fraction of sp³-hybridized carbons (Fsp3) is 1.00. The molecule has 20 heavy (non-hydrogen) atoms. The molecule has 3 nitrogen and oxygen atoms in total. The summed E-state index contributed by atoms with van der Waals surface area (Å²) in [6.45, 7) is 9.38. The molecule has 2 unspecified atom stereocenters. The zero-order valence-electron chi connectivity index (χ0n) is 13.6. The molecule has 0 amide bonds. The molecule has 2 aliphatic rings. The van der Waals surface area contributed by atoms with Gasteiger partial charge in [-0.3, -0.25) is 0 Å². The molecule has 4 N–H and O–H groups in total. The smallest absolute Gasteiger partial charge is 0.0727 e. The number of hydrogen-bond acceptors (Lipinski definition) is 3. The van der Waals surface area contributed by atoms with Crippen LogP contribution in [0.3, 0.4) is 0 Å². The summed E-state index contributed by atoms with van der Waals surface area (Å²) in [5.41, 5.74) is 5.48. The van der Waals surface area contributed by atoms with Gasteiger partial charge in [0.05, 0.1) is 5.60 Å². The minimum atomic E-state index is -0.628. The number of piperidine rings is 1. The molecule has 1 saturated heterocycles. The summed E-state index contributed by atoms with van der Waals surface area (Å²) in [6, 6.07) is 0. The highest BCUT2D eigenvalue weighted by atomic mass is 16.3. The van der Waals surface area contributed by atoms with E-state index in [4.69, 9.17) is 5.73 Å². The highest BCUT2D eigenvalue weighted by molar-refractivity contribution is 5.04. The van der Waals surface area contributed by atoms with Crippen LogP contribution in [0.25, 0.3) is 0 Å². The van der Waals surface area contributed by atoms with Crippen LogP contribution in [-0.2, 0) is 0 Å². The van der Waals surface area contributed by atoms with Gasteiger partial charge >= 0.3 is 0 Å². The third-order valence-electron chi connectivity index (χ3n) is 6.49. The third-order valence-corrected chi connectivity index (χ3v) is 6.49. The van der Waals surface area contributed by atoms with Crippen LogP contribution in [-0.4, -0.2) is 30.3 Å². The topological polar surface area (TPSA) is 58.3 Å². The van der Waals surface area contributed by atoms with Gasteiger partial charge in [-0.15, -0.1) is 0 Å². The first-order chi connectivity index (χ1) is 9.43. The molecule has 0 bridgehead atoms. The summed E-state index contributed by atoms with van der Waals surface area (Å²) in [5, 5.41) is 14.8. The quantitative estimate of drug-likeness (QED) is 0.742. The molecule has 2 rings (SSSR count). The number of nitrogens with one attached hydrogen (secondary N) is 1. The lowest BCUT2D eigenvalue weighted by atomic mass is 9.56. The van der Waals surface area contributed by atoms with E-state index in [1.54, 1.807) is 0 Å². The average Bonchev–Trinajstić information content (AvgIpc) is 2.48. The van der Waals surface area contributed by atoms with Gasteiger partial charge in [-0.2, -0.15) is 0 Å². The maximum atomic E-state index is 11.3. The molecule has 118 valence electrons. The standard InChI is InChI=1S/C17H34N2O/c1-13(2)14-6-8-17(12-18,9-7-14)16(3,20)15-5-4-10-19-11-15/h13-15,19-20H,4-12,18H2,1-3H3. The van der Waals surface area contributed by atoms with Crippen molar-refractivity contribution in [2.24, 2.45) is 28.9 Å². The second-order valence-electron chi connectivity index (χ2n) is 7.76. The number of nitrogens with two attached hydrogens (primary N) is 1. The molecule has 1 saturated carbocycles. The summed E-state index contributed by atoms with van der Waals surface area (Å²) < 4.78 is 0. The van der Waals surface area contributed by atoms with Gasteiger partial charge < -0.3 is 16.2 Å². The van der Waals surface area contributed by atoms with Gasteiger partial charge in [-0.25, -0.2) is 0 Å². The van der Waals surface area contributed by atoms with Gasteiger partial charge in [0, 0.05) is 24.4 Å². The zero-order valence-corrected chi connectivity index (χ0v) is 13.6. The second kappa shape index (κ2) is 6.33. The third kappa shape index (κ3) is 2.90. The second-order valence-corrected chi connectivity index (χ2v) is 7.76. The summed E-state index contributed by atoms with van der Waals surface area (Å²) in [7, 11) is 0. The molecule has 2 atom stereocenters. The van der Waals surface area contributed by atoms with Crippen LogP contribution in [0.15, 0.2) is 0 Å². The highest BCUT2D eigenvalue weighted by Gasteiger charge is 2.51. The fourth-order valence-corrected chi connectivity index (χ4v) is 4.54. The Bertz CT molecular complexity index is 300. The molecule has 0 aromatic rings. The Balaban J connectivity index is 2.10. The van der Waals surface area contributed by atoms with E-state index in [9.17, 15) is 5.11 Å². The predicted molar refractivity (Wildman–Crippen MR) is 84.5 cm³/mol. The van der Waals surface area contributed by atoms with E-state index in [1.165, 1.54) is 19.3 Å². The van der Waals surface area contributed by atoms with Gasteiger partial charge in [-0.05, 0) is 63.8 Å². The van der Waals surface area contributed by atoms with Crippen molar-refractivity contribution in [1.82, 2.24) is 5.32 Å². The minimum absolute atomic E-state index is 0.0674. The maximum absolute atomic E-state index is 11.3. The van der Waals surface area contributed by atoms with E-state index >= 15 is 0 Å². The van der Waals surface area contributed by atoms with Gasteiger partial charge in [0.15, 0.2) is 0 Å². The van der Waals surface area contributed by atoms with E-state index < -0.39 is 5.60 Å². The Morgan fingerprint density at radius 2 is 1.95 bits per heavy atom.